The van der Waals surface area contributed by atoms with Gasteiger partial charge in [0.1, 0.15) is 0 Å². The first kappa shape index (κ1) is 16.1. The summed E-state index contributed by atoms with van der Waals surface area (Å²) in [6.45, 7) is 0.204. The minimum Gasteiger partial charge on any atom is -0.454 e. The van der Waals surface area contributed by atoms with E-state index in [0.29, 0.717) is 22.6 Å². The molecule has 0 saturated heterocycles. The van der Waals surface area contributed by atoms with Gasteiger partial charge in [-0.2, -0.15) is 0 Å². The van der Waals surface area contributed by atoms with Crippen molar-refractivity contribution in [2.24, 2.45) is 0 Å². The number of nitrogens with one attached hydrogen (secondary N) is 1. The Hall–Kier alpha value is -3.05. The number of hydrogen-bond acceptors (Lipinski definition) is 4. The van der Waals surface area contributed by atoms with Crippen molar-refractivity contribution in [1.82, 2.24) is 0 Å². The minimum absolute atomic E-state index is 0.00377. The second kappa shape index (κ2) is 6.28. The summed E-state index contributed by atoms with van der Waals surface area (Å²) in [6, 6.07) is 21.1. The Morgan fingerprint density at radius 3 is 2.41 bits per heavy atom. The lowest BCUT2D eigenvalue weighted by Gasteiger charge is -2.12. The molecule has 27 heavy (non-hydrogen) atoms. The van der Waals surface area contributed by atoms with Crippen LogP contribution in [0.1, 0.15) is 21.5 Å². The van der Waals surface area contributed by atoms with E-state index in [1.54, 1.807) is 0 Å². The molecule has 3 aromatic rings. The van der Waals surface area contributed by atoms with Gasteiger partial charge in [0.25, 0.3) is 0 Å². The molecular formula is C22H14BrNO3. The number of ketones is 1. The molecule has 5 heteroatoms. The van der Waals surface area contributed by atoms with Crippen molar-refractivity contribution < 1.29 is 14.3 Å². The second-order valence-electron chi connectivity index (χ2n) is 6.32. The van der Waals surface area contributed by atoms with Crippen LogP contribution in [0.25, 0.3) is 11.3 Å². The minimum atomic E-state index is 0.00377. The van der Waals surface area contributed by atoms with Crippen molar-refractivity contribution in [3.05, 3.63) is 87.9 Å². The van der Waals surface area contributed by atoms with E-state index in [4.69, 9.17) is 9.47 Å². The summed E-state index contributed by atoms with van der Waals surface area (Å²) in [5.74, 6) is 1.36. The van der Waals surface area contributed by atoms with E-state index in [1.165, 1.54) is 0 Å². The molecular weight excluding hydrogens is 406 g/mol. The van der Waals surface area contributed by atoms with E-state index < -0.39 is 0 Å². The molecule has 0 atom stereocenters. The molecule has 1 aliphatic heterocycles. The quantitative estimate of drug-likeness (QED) is 0.620. The third-order valence-electron chi connectivity index (χ3n) is 4.69. The zero-order valence-electron chi connectivity index (χ0n) is 14.2. The monoisotopic (exact) mass is 419 g/mol. The van der Waals surface area contributed by atoms with E-state index >= 15 is 0 Å². The summed E-state index contributed by atoms with van der Waals surface area (Å²) in [5.41, 5.74) is 4.76. The molecule has 1 heterocycles. The molecule has 0 fully saturated rings. The molecule has 4 nitrogen and oxygen atoms in total. The SMILES string of the molecule is O=C1C(c2ccc3c(c2)OCO3)=C(Nc2ccc(Br)cc2)c2ccccc21. The first-order valence-corrected chi connectivity index (χ1v) is 9.31. The third-order valence-corrected chi connectivity index (χ3v) is 5.22. The Labute approximate surface area is 164 Å². The van der Waals surface area contributed by atoms with Gasteiger partial charge >= 0.3 is 0 Å². The van der Waals surface area contributed by atoms with Gasteiger partial charge in [0, 0.05) is 21.3 Å². The van der Waals surface area contributed by atoms with Crippen LogP contribution in [0.4, 0.5) is 5.69 Å². The third kappa shape index (κ3) is 2.71. The van der Waals surface area contributed by atoms with Crippen LogP contribution in [0.2, 0.25) is 0 Å². The Balaban J connectivity index is 1.66. The second-order valence-corrected chi connectivity index (χ2v) is 7.24. The van der Waals surface area contributed by atoms with Crippen molar-refractivity contribution in [3.8, 4) is 11.5 Å². The van der Waals surface area contributed by atoms with Gasteiger partial charge in [-0.3, -0.25) is 4.79 Å². The molecule has 0 spiro atoms. The fraction of sp³-hybridized carbons (Fsp3) is 0.0455. The Morgan fingerprint density at radius 1 is 0.852 bits per heavy atom. The van der Waals surface area contributed by atoms with E-state index in [-0.39, 0.29) is 12.6 Å². The number of halogens is 1. The Bertz CT molecular complexity index is 1100. The number of carbonyl (C=O) groups excluding carboxylic acids is 1. The lowest BCUT2D eigenvalue weighted by atomic mass is 10.0. The van der Waals surface area contributed by atoms with Gasteiger partial charge in [-0.05, 0) is 42.0 Å². The number of allylic oxidation sites excluding steroid dienone is 1. The highest BCUT2D eigenvalue weighted by Gasteiger charge is 2.31. The Morgan fingerprint density at radius 2 is 1.59 bits per heavy atom. The molecule has 5 rings (SSSR count). The van der Waals surface area contributed by atoms with Gasteiger partial charge in [-0.15, -0.1) is 0 Å². The zero-order chi connectivity index (χ0) is 18.4. The van der Waals surface area contributed by atoms with Crippen molar-refractivity contribution in [2.45, 2.75) is 0 Å². The molecule has 1 aliphatic carbocycles. The number of anilines is 1. The smallest absolute Gasteiger partial charge is 0.231 e. The van der Waals surface area contributed by atoms with E-state index in [9.17, 15) is 4.79 Å². The van der Waals surface area contributed by atoms with Crippen LogP contribution in [0.5, 0.6) is 11.5 Å². The van der Waals surface area contributed by atoms with Gasteiger partial charge < -0.3 is 14.8 Å². The molecule has 1 N–H and O–H groups in total. The Kier molecular flexibility index (Phi) is 3.76. The highest BCUT2D eigenvalue weighted by molar-refractivity contribution is 9.10. The fourth-order valence-corrected chi connectivity index (χ4v) is 3.68. The standard InChI is InChI=1S/C22H14BrNO3/c23-14-6-8-15(9-7-14)24-21-16-3-1-2-4-17(16)22(25)20(21)13-5-10-18-19(11-13)27-12-26-18/h1-11,24H,12H2. The normalized spacial score (nSPS) is 14.5. The number of ether oxygens (including phenoxy) is 2. The molecule has 0 unspecified atom stereocenters. The lowest BCUT2D eigenvalue weighted by Crippen LogP contribution is -2.01. The highest BCUT2D eigenvalue weighted by atomic mass is 79.9. The van der Waals surface area contributed by atoms with Crippen LogP contribution < -0.4 is 14.8 Å². The number of hydrogen-bond donors (Lipinski definition) is 1. The average Bonchev–Trinajstić information content (AvgIpc) is 3.26. The fourth-order valence-electron chi connectivity index (χ4n) is 3.42. The average molecular weight is 420 g/mol. The predicted octanol–water partition coefficient (Wildman–Crippen LogP) is 5.35. The van der Waals surface area contributed by atoms with E-state index in [0.717, 1.165) is 27.0 Å². The van der Waals surface area contributed by atoms with Gasteiger partial charge in [-0.25, -0.2) is 0 Å². The highest BCUT2D eigenvalue weighted by Crippen LogP contribution is 2.42. The summed E-state index contributed by atoms with van der Waals surface area (Å²) < 4.78 is 11.9. The molecule has 0 radical (unpaired) electrons. The maximum Gasteiger partial charge on any atom is 0.231 e. The summed E-state index contributed by atoms with van der Waals surface area (Å²) in [6.07, 6.45) is 0. The van der Waals surface area contributed by atoms with Crippen LogP contribution in [-0.2, 0) is 0 Å². The first-order valence-electron chi connectivity index (χ1n) is 8.52. The van der Waals surface area contributed by atoms with Gasteiger partial charge in [0.2, 0.25) is 6.79 Å². The molecule has 0 aromatic heterocycles. The maximum atomic E-state index is 13.2. The van der Waals surface area contributed by atoms with Crippen LogP contribution in [0, 0.1) is 0 Å². The summed E-state index contributed by atoms with van der Waals surface area (Å²) in [4.78, 5) is 13.2. The van der Waals surface area contributed by atoms with Crippen molar-refractivity contribution in [2.75, 3.05) is 12.1 Å². The topological polar surface area (TPSA) is 47.6 Å². The number of Topliss-reactive ketones (excluding diaryl/α,β-unsaturated/α-hetero) is 1. The van der Waals surface area contributed by atoms with Crippen LogP contribution in [0.3, 0.4) is 0 Å². The number of benzene rings is 3. The number of rotatable bonds is 3. The largest absolute Gasteiger partial charge is 0.454 e. The van der Waals surface area contributed by atoms with E-state index in [1.807, 2.05) is 66.7 Å². The van der Waals surface area contributed by atoms with E-state index in [2.05, 4.69) is 21.2 Å². The summed E-state index contributed by atoms with van der Waals surface area (Å²) in [7, 11) is 0. The van der Waals surface area contributed by atoms with Crippen molar-refractivity contribution in [1.29, 1.82) is 0 Å². The predicted molar refractivity (Wildman–Crippen MR) is 108 cm³/mol. The van der Waals surface area contributed by atoms with Gasteiger partial charge in [-0.1, -0.05) is 46.3 Å². The lowest BCUT2D eigenvalue weighted by molar-refractivity contribution is 0.105. The molecule has 0 saturated carbocycles. The summed E-state index contributed by atoms with van der Waals surface area (Å²) >= 11 is 3.45. The molecule has 3 aromatic carbocycles. The van der Waals surface area contributed by atoms with Crippen LogP contribution in [0.15, 0.2) is 71.2 Å². The zero-order valence-corrected chi connectivity index (χ0v) is 15.7. The maximum absolute atomic E-state index is 13.2. The first-order chi connectivity index (χ1) is 13.2. The molecule has 132 valence electrons. The molecule has 0 amide bonds. The van der Waals surface area contributed by atoms with Crippen LogP contribution >= 0.6 is 15.9 Å². The molecule has 0 bridgehead atoms. The van der Waals surface area contributed by atoms with Crippen molar-refractivity contribution in [3.63, 3.8) is 0 Å². The van der Waals surface area contributed by atoms with Gasteiger partial charge in [0.15, 0.2) is 17.3 Å². The number of fused-ring (bicyclic) bond motifs is 2. The van der Waals surface area contributed by atoms with Gasteiger partial charge in [0.05, 0.1) is 11.3 Å². The molecule has 2 aliphatic rings. The van der Waals surface area contributed by atoms with Crippen molar-refractivity contribution >= 4 is 38.7 Å². The number of carbonyl (C=O) groups is 1. The van der Waals surface area contributed by atoms with Crippen LogP contribution in [-0.4, -0.2) is 12.6 Å². The summed E-state index contributed by atoms with van der Waals surface area (Å²) in [5, 5.41) is 3.44.